The predicted molar refractivity (Wildman–Crippen MR) is 321 cm³/mol. The monoisotopic (exact) mass is 1190 g/mol. The first-order valence-corrected chi connectivity index (χ1v) is 29.1. The average Bonchev–Trinajstić information content (AvgIpc) is 3.24. The van der Waals surface area contributed by atoms with Crippen LogP contribution in [0.15, 0.2) is 60.1 Å². The number of methoxy groups -OCH3 is 1. The van der Waals surface area contributed by atoms with Crippen molar-refractivity contribution in [2.24, 2.45) is 11.8 Å². The van der Waals surface area contributed by atoms with Crippen LogP contribution in [0.1, 0.15) is 201 Å². The molecule has 3 fully saturated rings. The minimum atomic E-state index is -0.484. The lowest BCUT2D eigenvalue weighted by Gasteiger charge is -2.32. The molecule has 11 rings (SSSR count). The summed E-state index contributed by atoms with van der Waals surface area (Å²) in [5, 5.41) is 0. The highest BCUT2D eigenvalue weighted by Gasteiger charge is 2.52. The summed E-state index contributed by atoms with van der Waals surface area (Å²) in [6, 6.07) is 0. The SMILES string of the molecule is C.C.CC(C)(C)OC(=O)N1CCC(c2cn3c4c(ncc3n2)CC=C4Br)CC1.CC1CC=C(B2OC(C)(C)C(C)(C)O2)CC1.COC(=O)C1CC=C(C2=CCc3ncc4nc(C5CCN(C(=O)OC(C)(C)C)CC5)cn4c32)CC1.O=C=O. The van der Waals surface area contributed by atoms with Crippen LogP contribution >= 0.6 is 15.9 Å². The summed E-state index contributed by atoms with van der Waals surface area (Å²) in [5.41, 5.74) is 10.7. The number of fused-ring (bicyclic) bond motifs is 6. The number of hydrogen-bond donors (Lipinski definition) is 0. The Morgan fingerprint density at radius 2 is 1.16 bits per heavy atom. The van der Waals surface area contributed by atoms with Crippen LogP contribution in [0.5, 0.6) is 0 Å². The van der Waals surface area contributed by atoms with Gasteiger partial charge >= 0.3 is 31.4 Å². The molecule has 20 heteroatoms. The molecule has 0 N–H and O–H groups in total. The fourth-order valence-corrected chi connectivity index (χ4v) is 11.7. The van der Waals surface area contributed by atoms with E-state index in [9.17, 15) is 14.4 Å². The van der Waals surface area contributed by atoms with Gasteiger partial charge in [0.2, 0.25) is 0 Å². The highest BCUT2D eigenvalue weighted by Crippen LogP contribution is 2.42. The molecule has 7 heterocycles. The minimum absolute atomic E-state index is 0. The Kier molecular flexibility index (Phi) is 21.3. The van der Waals surface area contributed by atoms with Crippen LogP contribution in [0.4, 0.5) is 9.59 Å². The van der Waals surface area contributed by atoms with Crippen molar-refractivity contribution in [1.82, 2.24) is 38.5 Å². The maximum Gasteiger partial charge on any atom is 0.490 e. The van der Waals surface area contributed by atoms with Gasteiger partial charge in [0.05, 0.1) is 70.8 Å². The zero-order valence-corrected chi connectivity index (χ0v) is 50.4. The number of carbonyl (C=O) groups is 3. The standard InChI is InChI=1S/C27H34N4O4.C19H23BrN4O2.C13H23BO2.CO2.2CH4/c1-27(2,3)35-26(33)30-13-11-18(12-14-30)22-16-31-23(29-22)15-28-21-10-9-20(24(21)31)17-5-7-19(8-6-17)25(32)34-4;1-19(2,3)26-18(25)23-8-6-12(7-9-23)15-11-24-16(22-15)10-21-14-5-4-13(20)17(14)24;1-10-6-8-11(9-7-10)14-15-12(2,3)13(4,5)16-14;2-1-3;;/h5,9,15-16,18-19H,6-8,10-14H2,1-4H3;4,10-12H,5-9H2,1-3H3;8,10H,6-7,9H2,1-5H3;;2*1H4. The number of nitrogens with zero attached hydrogens (tertiary/aromatic N) is 8. The maximum absolute atomic E-state index is 12.4. The van der Waals surface area contributed by atoms with E-state index in [1.165, 1.54) is 36.6 Å². The van der Waals surface area contributed by atoms with Crippen LogP contribution in [0, 0.1) is 11.8 Å². The molecule has 0 spiro atoms. The maximum atomic E-state index is 12.4. The Bertz CT molecular complexity index is 3090. The van der Waals surface area contributed by atoms with E-state index in [-0.39, 0.29) is 63.4 Å². The van der Waals surface area contributed by atoms with Crippen molar-refractivity contribution in [3.05, 3.63) is 94.3 Å². The number of esters is 1. The van der Waals surface area contributed by atoms with E-state index in [4.69, 9.17) is 48.1 Å². The van der Waals surface area contributed by atoms with E-state index in [1.807, 2.05) is 53.9 Å². The van der Waals surface area contributed by atoms with Gasteiger partial charge in [-0.2, -0.15) is 9.59 Å². The molecule has 3 aliphatic heterocycles. The van der Waals surface area contributed by atoms with Crippen LogP contribution in [0.3, 0.4) is 0 Å². The number of allylic oxidation sites excluding steroid dienone is 7. The van der Waals surface area contributed by atoms with E-state index in [1.54, 1.807) is 9.80 Å². The molecule has 7 aliphatic rings. The Morgan fingerprint density at radius 1 is 0.683 bits per heavy atom. The topological polar surface area (TPSA) is 198 Å². The smallest absolute Gasteiger partial charge is 0.469 e. The van der Waals surface area contributed by atoms with Crippen LogP contribution in [0.25, 0.3) is 21.3 Å². The van der Waals surface area contributed by atoms with Crippen molar-refractivity contribution in [3.63, 3.8) is 0 Å². The van der Waals surface area contributed by atoms with Crippen molar-refractivity contribution in [3.8, 4) is 0 Å². The van der Waals surface area contributed by atoms with Crippen LogP contribution in [-0.4, -0.2) is 126 Å². The largest absolute Gasteiger partial charge is 0.490 e. The van der Waals surface area contributed by atoms with E-state index in [0.717, 1.165) is 114 Å². The molecule has 446 valence electrons. The number of carbonyl (C=O) groups excluding carboxylic acids is 5. The van der Waals surface area contributed by atoms with Crippen molar-refractivity contribution >= 4 is 68.7 Å². The Balaban J connectivity index is 0.000000203. The van der Waals surface area contributed by atoms with E-state index >= 15 is 0 Å². The quantitative estimate of drug-likeness (QED) is 0.104. The number of ether oxygens (including phenoxy) is 3. The fourth-order valence-electron chi connectivity index (χ4n) is 11.2. The molecule has 18 nitrogen and oxygen atoms in total. The Morgan fingerprint density at radius 3 is 1.60 bits per heavy atom. The van der Waals surface area contributed by atoms with Crippen molar-refractivity contribution in [1.29, 1.82) is 0 Å². The molecule has 0 aromatic carbocycles. The van der Waals surface area contributed by atoms with Crippen LogP contribution in [0.2, 0.25) is 0 Å². The number of hydrogen-bond acceptors (Lipinski definition) is 14. The fraction of sp³-hybridized carbons (Fsp3) is 0.613. The minimum Gasteiger partial charge on any atom is -0.469 e. The van der Waals surface area contributed by atoms with E-state index < -0.39 is 11.2 Å². The lowest BCUT2D eigenvalue weighted by Crippen LogP contribution is -2.41. The van der Waals surface area contributed by atoms with Crippen molar-refractivity contribution < 1.29 is 47.5 Å². The lowest BCUT2D eigenvalue weighted by atomic mass is 9.71. The number of halogens is 1. The predicted octanol–water partition coefficient (Wildman–Crippen LogP) is 12.9. The molecule has 0 radical (unpaired) electrons. The summed E-state index contributed by atoms with van der Waals surface area (Å²) in [5.74, 6) is 1.29. The number of rotatable bonds is 5. The number of imidazole rings is 2. The number of amides is 2. The van der Waals surface area contributed by atoms with Gasteiger partial charge in [-0.15, -0.1) is 0 Å². The first-order valence-electron chi connectivity index (χ1n) is 28.4. The third-order valence-electron chi connectivity index (χ3n) is 16.3. The molecule has 4 aromatic rings. The third kappa shape index (κ3) is 15.2. The van der Waals surface area contributed by atoms with Gasteiger partial charge in [0.15, 0.2) is 11.3 Å². The number of piperidine rings is 2. The summed E-state index contributed by atoms with van der Waals surface area (Å²) < 4.78 is 33.4. The molecule has 3 saturated heterocycles. The van der Waals surface area contributed by atoms with Gasteiger partial charge in [0.1, 0.15) is 11.2 Å². The molecular formula is C62H88BBrN8O10. The van der Waals surface area contributed by atoms with Crippen LogP contribution < -0.4 is 0 Å². The second-order valence-electron chi connectivity index (χ2n) is 25.0. The van der Waals surface area contributed by atoms with Crippen LogP contribution in [-0.2, 0) is 50.7 Å². The first kappa shape index (κ1) is 65.2. The lowest BCUT2D eigenvalue weighted by molar-refractivity contribution is -0.191. The molecule has 0 bridgehead atoms. The van der Waals surface area contributed by atoms with Gasteiger partial charge in [-0.1, -0.05) is 46.1 Å². The van der Waals surface area contributed by atoms with Gasteiger partial charge in [0.25, 0.3) is 0 Å². The molecule has 0 saturated carbocycles. The molecule has 4 aromatic heterocycles. The van der Waals surface area contributed by atoms with E-state index in [0.29, 0.717) is 44.4 Å². The van der Waals surface area contributed by atoms with Gasteiger partial charge in [-0.25, -0.2) is 19.6 Å². The highest BCUT2D eigenvalue weighted by molar-refractivity contribution is 9.15. The molecule has 2 amide bonds. The first-order chi connectivity index (χ1) is 37.8. The summed E-state index contributed by atoms with van der Waals surface area (Å²) in [6.07, 6.45) is 27.8. The van der Waals surface area contributed by atoms with Gasteiger partial charge in [-0.05, 0) is 172 Å². The van der Waals surface area contributed by atoms with Crippen molar-refractivity contribution in [2.75, 3.05) is 33.3 Å². The molecule has 2 atom stereocenters. The second kappa shape index (κ2) is 26.7. The van der Waals surface area contributed by atoms with Crippen molar-refractivity contribution in [2.45, 2.75) is 202 Å². The Hall–Kier alpha value is -5.95. The van der Waals surface area contributed by atoms with Gasteiger partial charge in [0, 0.05) is 67.7 Å². The molecular weight excluding hydrogens is 1110 g/mol. The third-order valence-corrected chi connectivity index (χ3v) is 17.0. The summed E-state index contributed by atoms with van der Waals surface area (Å²) in [4.78, 5) is 75.4. The average molecular weight is 1200 g/mol. The summed E-state index contributed by atoms with van der Waals surface area (Å²) in [6.45, 7) is 24.9. The van der Waals surface area contributed by atoms with Gasteiger partial charge < -0.3 is 33.3 Å². The molecule has 2 unspecified atom stereocenters. The molecule has 82 heavy (non-hydrogen) atoms. The zero-order chi connectivity index (χ0) is 57.9. The molecule has 4 aliphatic carbocycles. The highest BCUT2D eigenvalue weighted by atomic mass is 79.9. The number of aromatic nitrogens is 6. The zero-order valence-electron chi connectivity index (χ0n) is 48.9. The normalized spacial score (nSPS) is 21.2. The summed E-state index contributed by atoms with van der Waals surface area (Å²) >= 11 is 3.63. The van der Waals surface area contributed by atoms with Gasteiger partial charge in [-0.3, -0.25) is 23.6 Å². The number of likely N-dealkylation sites (tertiary alicyclic amines) is 2. The Labute approximate surface area is 494 Å². The van der Waals surface area contributed by atoms with E-state index in [2.05, 4.69) is 101 Å². The second-order valence-corrected chi connectivity index (χ2v) is 25.9. The summed E-state index contributed by atoms with van der Waals surface area (Å²) in [7, 11) is 1.34.